The molecule has 0 radical (unpaired) electrons. The average Bonchev–Trinajstić information content (AvgIpc) is 2.46. The molecule has 2 aromatic rings. The molecule has 1 aromatic carbocycles. The number of aliphatic hydroxyl groups excluding tert-OH is 1. The van der Waals surface area contributed by atoms with Gasteiger partial charge in [0.1, 0.15) is 17.4 Å². The Bertz CT molecular complexity index is 640. The third kappa shape index (κ3) is 1.97. The van der Waals surface area contributed by atoms with Gasteiger partial charge in [-0.25, -0.2) is 4.98 Å². The molecule has 1 heterocycles. The molecule has 3 nitrogen and oxygen atoms in total. The lowest BCUT2D eigenvalue weighted by Crippen LogP contribution is -2.57. The number of pyridine rings is 1. The Morgan fingerprint density at radius 3 is 2.85 bits per heavy atom. The Kier molecular flexibility index (Phi) is 3.17. The number of aliphatic hydroxyl groups is 1. The summed E-state index contributed by atoms with van der Waals surface area (Å²) in [5, 5.41) is 11.1. The van der Waals surface area contributed by atoms with E-state index in [4.69, 9.17) is 4.74 Å². The average molecular weight is 271 g/mol. The zero-order valence-corrected chi connectivity index (χ0v) is 12.3. The van der Waals surface area contributed by atoms with Crippen molar-refractivity contribution in [1.29, 1.82) is 0 Å². The second-order valence-electron chi connectivity index (χ2n) is 6.00. The van der Waals surface area contributed by atoms with Gasteiger partial charge in [-0.3, -0.25) is 0 Å². The number of aromatic nitrogens is 1. The predicted molar refractivity (Wildman–Crippen MR) is 79.9 cm³/mol. The predicted octanol–water partition coefficient (Wildman–Crippen LogP) is 3.47. The van der Waals surface area contributed by atoms with E-state index >= 15 is 0 Å². The van der Waals surface area contributed by atoms with Crippen LogP contribution in [0.4, 0.5) is 0 Å². The monoisotopic (exact) mass is 271 g/mol. The summed E-state index contributed by atoms with van der Waals surface area (Å²) >= 11 is 0. The van der Waals surface area contributed by atoms with Crippen molar-refractivity contribution in [1.82, 2.24) is 4.98 Å². The van der Waals surface area contributed by atoms with Crippen LogP contribution in [0.5, 0.6) is 5.75 Å². The first-order valence-corrected chi connectivity index (χ1v) is 7.25. The number of hydrogen-bond acceptors (Lipinski definition) is 3. The minimum atomic E-state index is -0.262. The maximum Gasteiger partial charge on any atom is 0.145 e. The van der Waals surface area contributed by atoms with E-state index in [1.807, 2.05) is 31.2 Å². The standard InChI is InChI=1S/C17H21NO2/c1-4-17(3)14(19)10-15(17)20-13-7-5-6-12-9-8-11(2)18-16(12)13/h5-9,14-15,19H,4,10H2,1-3H3. The Hall–Kier alpha value is -1.61. The van der Waals surface area contributed by atoms with Gasteiger partial charge in [-0.1, -0.05) is 32.0 Å². The van der Waals surface area contributed by atoms with Gasteiger partial charge >= 0.3 is 0 Å². The highest BCUT2D eigenvalue weighted by molar-refractivity contribution is 5.84. The maximum absolute atomic E-state index is 9.98. The molecule has 0 aliphatic heterocycles. The molecular formula is C17H21NO2. The second-order valence-corrected chi connectivity index (χ2v) is 6.00. The van der Waals surface area contributed by atoms with Crippen LogP contribution in [0.2, 0.25) is 0 Å². The first-order chi connectivity index (χ1) is 9.54. The van der Waals surface area contributed by atoms with Gasteiger partial charge in [0, 0.05) is 22.9 Å². The first-order valence-electron chi connectivity index (χ1n) is 7.25. The highest BCUT2D eigenvalue weighted by Gasteiger charge is 2.51. The third-order valence-corrected chi connectivity index (χ3v) is 4.79. The molecule has 106 valence electrons. The van der Waals surface area contributed by atoms with Gasteiger partial charge in [0.05, 0.1) is 6.10 Å². The number of aryl methyl sites for hydroxylation is 1. The number of nitrogens with zero attached hydrogens (tertiary/aromatic N) is 1. The van der Waals surface area contributed by atoms with Gasteiger partial charge in [0.15, 0.2) is 0 Å². The van der Waals surface area contributed by atoms with Crippen molar-refractivity contribution >= 4 is 10.9 Å². The van der Waals surface area contributed by atoms with E-state index in [2.05, 4.69) is 24.9 Å². The highest BCUT2D eigenvalue weighted by atomic mass is 16.5. The van der Waals surface area contributed by atoms with Crippen molar-refractivity contribution in [3.8, 4) is 5.75 Å². The molecule has 20 heavy (non-hydrogen) atoms. The van der Waals surface area contributed by atoms with Crippen LogP contribution in [-0.2, 0) is 0 Å². The van der Waals surface area contributed by atoms with Gasteiger partial charge in [0.25, 0.3) is 0 Å². The lowest BCUT2D eigenvalue weighted by Gasteiger charge is -2.50. The van der Waals surface area contributed by atoms with E-state index in [1.165, 1.54) is 0 Å². The smallest absolute Gasteiger partial charge is 0.145 e. The van der Waals surface area contributed by atoms with Crippen molar-refractivity contribution in [2.24, 2.45) is 5.41 Å². The molecule has 0 saturated heterocycles. The van der Waals surface area contributed by atoms with Crippen LogP contribution in [0.1, 0.15) is 32.4 Å². The molecule has 1 aliphatic carbocycles. The Morgan fingerprint density at radius 1 is 1.35 bits per heavy atom. The molecule has 1 fully saturated rings. The summed E-state index contributed by atoms with van der Waals surface area (Å²) in [4.78, 5) is 4.59. The maximum atomic E-state index is 9.98. The Morgan fingerprint density at radius 2 is 2.15 bits per heavy atom. The molecule has 0 amide bonds. The number of para-hydroxylation sites is 1. The summed E-state index contributed by atoms with van der Waals surface area (Å²) in [6, 6.07) is 10.1. The van der Waals surface area contributed by atoms with Crippen LogP contribution >= 0.6 is 0 Å². The van der Waals surface area contributed by atoms with Crippen LogP contribution in [0.3, 0.4) is 0 Å². The van der Waals surface area contributed by atoms with Crippen LogP contribution in [0, 0.1) is 12.3 Å². The highest BCUT2D eigenvalue weighted by Crippen LogP contribution is 2.46. The zero-order valence-electron chi connectivity index (χ0n) is 12.3. The number of benzene rings is 1. The van der Waals surface area contributed by atoms with Gasteiger partial charge in [-0.15, -0.1) is 0 Å². The van der Waals surface area contributed by atoms with Crippen molar-refractivity contribution in [2.75, 3.05) is 0 Å². The molecule has 1 aliphatic rings. The summed E-state index contributed by atoms with van der Waals surface area (Å²) in [6.45, 7) is 6.18. The van der Waals surface area contributed by atoms with Gasteiger partial charge in [-0.05, 0) is 25.5 Å². The molecule has 3 atom stereocenters. The Labute approximate surface area is 119 Å². The summed E-state index contributed by atoms with van der Waals surface area (Å²) in [5.74, 6) is 0.822. The Balaban J connectivity index is 1.94. The second kappa shape index (κ2) is 4.74. The molecule has 3 unspecified atom stereocenters. The zero-order chi connectivity index (χ0) is 14.3. The number of ether oxygens (including phenoxy) is 1. The summed E-state index contributed by atoms with van der Waals surface area (Å²) in [5.41, 5.74) is 1.75. The SMILES string of the molecule is CCC1(C)C(O)CC1Oc1cccc2ccc(C)nc12. The molecule has 0 spiro atoms. The molecule has 1 aromatic heterocycles. The topological polar surface area (TPSA) is 42.4 Å². The van der Waals surface area contributed by atoms with E-state index in [0.29, 0.717) is 6.42 Å². The normalized spacial score (nSPS) is 29.2. The fourth-order valence-electron chi connectivity index (χ4n) is 2.91. The van der Waals surface area contributed by atoms with E-state index in [9.17, 15) is 5.11 Å². The van der Waals surface area contributed by atoms with Crippen LogP contribution in [0.15, 0.2) is 30.3 Å². The molecule has 1 saturated carbocycles. The van der Waals surface area contributed by atoms with E-state index in [0.717, 1.165) is 28.8 Å². The summed E-state index contributed by atoms with van der Waals surface area (Å²) in [7, 11) is 0. The fraction of sp³-hybridized carbons (Fsp3) is 0.471. The quantitative estimate of drug-likeness (QED) is 0.929. The molecule has 3 rings (SSSR count). The third-order valence-electron chi connectivity index (χ3n) is 4.79. The minimum absolute atomic E-state index is 0.0652. The van der Waals surface area contributed by atoms with Crippen LogP contribution in [0.25, 0.3) is 10.9 Å². The van der Waals surface area contributed by atoms with Crippen molar-refractivity contribution in [3.05, 3.63) is 36.0 Å². The number of fused-ring (bicyclic) bond motifs is 1. The molecule has 1 N–H and O–H groups in total. The lowest BCUT2D eigenvalue weighted by molar-refractivity contribution is -0.146. The first kappa shape index (κ1) is 13.4. The molecule has 0 bridgehead atoms. The molecule has 3 heteroatoms. The van der Waals surface area contributed by atoms with Crippen molar-refractivity contribution in [2.45, 2.75) is 45.8 Å². The minimum Gasteiger partial charge on any atom is -0.487 e. The van der Waals surface area contributed by atoms with Crippen molar-refractivity contribution < 1.29 is 9.84 Å². The van der Waals surface area contributed by atoms with Crippen LogP contribution < -0.4 is 4.74 Å². The van der Waals surface area contributed by atoms with E-state index in [-0.39, 0.29) is 17.6 Å². The largest absolute Gasteiger partial charge is 0.487 e. The number of hydrogen-bond donors (Lipinski definition) is 1. The summed E-state index contributed by atoms with van der Waals surface area (Å²) < 4.78 is 6.17. The van der Waals surface area contributed by atoms with Gasteiger partial charge in [0.2, 0.25) is 0 Å². The van der Waals surface area contributed by atoms with Gasteiger partial charge < -0.3 is 9.84 Å². The summed E-state index contributed by atoms with van der Waals surface area (Å²) in [6.07, 6.45) is 1.42. The van der Waals surface area contributed by atoms with Gasteiger partial charge in [-0.2, -0.15) is 0 Å². The van der Waals surface area contributed by atoms with E-state index in [1.54, 1.807) is 0 Å². The van der Waals surface area contributed by atoms with Crippen LogP contribution in [-0.4, -0.2) is 22.3 Å². The van der Waals surface area contributed by atoms with E-state index < -0.39 is 0 Å². The lowest BCUT2D eigenvalue weighted by atomic mass is 9.63. The van der Waals surface area contributed by atoms with Crippen molar-refractivity contribution in [3.63, 3.8) is 0 Å². The fourth-order valence-corrected chi connectivity index (χ4v) is 2.91. The molecular weight excluding hydrogens is 250 g/mol. The number of rotatable bonds is 3.